The van der Waals surface area contributed by atoms with Crippen LogP contribution in [-0.2, 0) is 0 Å². The Kier molecular flexibility index (Phi) is 4.76. The zero-order valence-electron chi connectivity index (χ0n) is 10.4. The molecule has 0 aliphatic heterocycles. The molecular formula is C13H16F3NO. The summed E-state index contributed by atoms with van der Waals surface area (Å²) in [5.41, 5.74) is 1.49. The molecule has 0 saturated heterocycles. The Morgan fingerprint density at radius 2 is 2.00 bits per heavy atom. The molecule has 0 N–H and O–H groups in total. The third-order valence-electron chi connectivity index (χ3n) is 2.51. The largest absolute Gasteiger partial charge is 0.405 e. The molecule has 1 rings (SSSR count). The first kappa shape index (κ1) is 14.5. The molecule has 0 heterocycles. The maximum Gasteiger partial charge on any atom is 0.405 e. The maximum atomic E-state index is 12.5. The lowest BCUT2D eigenvalue weighted by atomic mass is 10.1. The predicted molar refractivity (Wildman–Crippen MR) is 65.1 cm³/mol. The molecule has 0 fully saturated rings. The number of anilines is 1. The Morgan fingerprint density at radius 3 is 2.50 bits per heavy atom. The minimum atomic E-state index is -4.28. The number of carbonyl (C=O) groups excluding carboxylic acids is 1. The Bertz CT molecular complexity index is 415. The van der Waals surface area contributed by atoms with E-state index in [-0.39, 0.29) is 6.54 Å². The average molecular weight is 259 g/mol. The normalized spacial score (nSPS) is 11.4. The van der Waals surface area contributed by atoms with Crippen molar-refractivity contribution in [2.45, 2.75) is 26.4 Å². The number of aldehydes is 1. The monoisotopic (exact) mass is 259 g/mol. The first-order valence-corrected chi connectivity index (χ1v) is 5.75. The van der Waals surface area contributed by atoms with Gasteiger partial charge in [-0.05, 0) is 25.5 Å². The molecule has 100 valence electrons. The van der Waals surface area contributed by atoms with Gasteiger partial charge in [0.2, 0.25) is 0 Å². The molecule has 18 heavy (non-hydrogen) atoms. The van der Waals surface area contributed by atoms with Gasteiger partial charge in [-0.15, -0.1) is 0 Å². The third kappa shape index (κ3) is 4.05. The molecule has 0 unspecified atom stereocenters. The van der Waals surface area contributed by atoms with Crippen LogP contribution in [0.2, 0.25) is 0 Å². The Morgan fingerprint density at radius 1 is 1.33 bits per heavy atom. The highest BCUT2D eigenvalue weighted by atomic mass is 19.4. The van der Waals surface area contributed by atoms with Gasteiger partial charge in [-0.2, -0.15) is 13.2 Å². The Hall–Kier alpha value is -1.52. The number of aryl methyl sites for hydroxylation is 1. The average Bonchev–Trinajstić information content (AvgIpc) is 2.26. The van der Waals surface area contributed by atoms with E-state index in [1.165, 1.54) is 4.90 Å². The molecule has 0 aromatic heterocycles. The van der Waals surface area contributed by atoms with Gasteiger partial charge in [0.15, 0.2) is 6.29 Å². The molecular weight excluding hydrogens is 243 g/mol. The summed E-state index contributed by atoms with van der Waals surface area (Å²) in [6.45, 7) is 2.83. The lowest BCUT2D eigenvalue weighted by Gasteiger charge is -2.26. The van der Waals surface area contributed by atoms with Crippen LogP contribution in [0.3, 0.4) is 0 Å². The van der Waals surface area contributed by atoms with E-state index in [9.17, 15) is 18.0 Å². The zero-order valence-corrected chi connectivity index (χ0v) is 10.4. The fourth-order valence-electron chi connectivity index (χ4n) is 1.83. The van der Waals surface area contributed by atoms with Gasteiger partial charge in [-0.25, -0.2) is 0 Å². The van der Waals surface area contributed by atoms with Crippen molar-refractivity contribution in [1.29, 1.82) is 0 Å². The minimum Gasteiger partial charge on any atom is -0.362 e. The molecule has 0 bridgehead atoms. The van der Waals surface area contributed by atoms with Gasteiger partial charge in [-0.3, -0.25) is 4.79 Å². The van der Waals surface area contributed by atoms with Crippen LogP contribution in [0.15, 0.2) is 18.2 Å². The number of hydrogen-bond donors (Lipinski definition) is 0. The van der Waals surface area contributed by atoms with Crippen molar-refractivity contribution in [3.8, 4) is 0 Å². The van der Waals surface area contributed by atoms with E-state index in [1.54, 1.807) is 32.0 Å². The van der Waals surface area contributed by atoms with E-state index < -0.39 is 12.7 Å². The molecule has 0 aliphatic rings. The fraction of sp³-hybridized carbons (Fsp3) is 0.462. The lowest BCUT2D eigenvalue weighted by molar-refractivity contribution is -0.119. The first-order valence-electron chi connectivity index (χ1n) is 5.75. The second kappa shape index (κ2) is 5.89. The van der Waals surface area contributed by atoms with Crippen molar-refractivity contribution in [2.24, 2.45) is 0 Å². The van der Waals surface area contributed by atoms with Crippen molar-refractivity contribution in [1.82, 2.24) is 0 Å². The third-order valence-corrected chi connectivity index (χ3v) is 2.51. The molecule has 0 atom stereocenters. The van der Waals surface area contributed by atoms with Crippen LogP contribution in [0.1, 0.15) is 29.3 Å². The van der Waals surface area contributed by atoms with Crippen molar-refractivity contribution in [3.05, 3.63) is 29.3 Å². The number of carbonyl (C=O) groups is 1. The number of halogens is 3. The first-order chi connectivity index (χ1) is 8.37. The van der Waals surface area contributed by atoms with E-state index in [2.05, 4.69) is 0 Å². The van der Waals surface area contributed by atoms with E-state index in [4.69, 9.17) is 0 Å². The smallest absolute Gasteiger partial charge is 0.362 e. The highest BCUT2D eigenvalue weighted by Gasteiger charge is 2.31. The summed E-state index contributed by atoms with van der Waals surface area (Å²) >= 11 is 0. The van der Waals surface area contributed by atoms with Crippen molar-refractivity contribution < 1.29 is 18.0 Å². The summed E-state index contributed by atoms with van der Waals surface area (Å²) in [5.74, 6) is 0. The molecule has 0 aliphatic carbocycles. The molecule has 0 spiro atoms. The van der Waals surface area contributed by atoms with Gasteiger partial charge >= 0.3 is 6.18 Å². The molecule has 5 heteroatoms. The van der Waals surface area contributed by atoms with E-state index in [1.807, 2.05) is 0 Å². The van der Waals surface area contributed by atoms with Crippen LogP contribution >= 0.6 is 0 Å². The van der Waals surface area contributed by atoms with E-state index in [0.717, 1.165) is 5.56 Å². The van der Waals surface area contributed by atoms with Crippen LogP contribution in [0, 0.1) is 6.92 Å². The molecule has 0 amide bonds. The number of nitrogens with zero attached hydrogens (tertiary/aromatic N) is 1. The zero-order chi connectivity index (χ0) is 13.8. The quantitative estimate of drug-likeness (QED) is 0.753. The van der Waals surface area contributed by atoms with Crippen LogP contribution in [0.4, 0.5) is 18.9 Å². The van der Waals surface area contributed by atoms with Crippen LogP contribution in [0.25, 0.3) is 0 Å². The van der Waals surface area contributed by atoms with Crippen molar-refractivity contribution in [3.63, 3.8) is 0 Å². The summed E-state index contributed by atoms with van der Waals surface area (Å²) < 4.78 is 37.5. The molecule has 0 radical (unpaired) electrons. The summed E-state index contributed by atoms with van der Waals surface area (Å²) in [6.07, 6.45) is -3.09. The van der Waals surface area contributed by atoms with E-state index in [0.29, 0.717) is 24.0 Å². The Labute approximate surface area is 104 Å². The maximum absolute atomic E-state index is 12.5. The summed E-state index contributed by atoms with van der Waals surface area (Å²) in [6, 6.07) is 4.88. The second-order valence-electron chi connectivity index (χ2n) is 4.22. The summed E-state index contributed by atoms with van der Waals surface area (Å²) in [5, 5.41) is 0. The number of benzene rings is 1. The summed E-state index contributed by atoms with van der Waals surface area (Å²) in [4.78, 5) is 12.1. The highest BCUT2D eigenvalue weighted by Crippen LogP contribution is 2.25. The fourth-order valence-corrected chi connectivity index (χ4v) is 1.83. The lowest BCUT2D eigenvalue weighted by Crippen LogP contribution is -2.35. The SMILES string of the molecule is CCCN(CC(F)(F)F)c1ccc(C)cc1C=O. The van der Waals surface area contributed by atoms with Gasteiger partial charge in [0.25, 0.3) is 0 Å². The second-order valence-corrected chi connectivity index (χ2v) is 4.22. The number of alkyl halides is 3. The van der Waals surface area contributed by atoms with Gasteiger partial charge in [0.05, 0.1) is 0 Å². The van der Waals surface area contributed by atoms with E-state index >= 15 is 0 Å². The molecule has 1 aromatic carbocycles. The van der Waals surface area contributed by atoms with Gasteiger partial charge < -0.3 is 4.90 Å². The molecule has 0 saturated carbocycles. The topological polar surface area (TPSA) is 20.3 Å². The van der Waals surface area contributed by atoms with Crippen LogP contribution in [0.5, 0.6) is 0 Å². The standard InChI is InChI=1S/C13H16F3NO/c1-3-6-17(9-13(14,15)16)12-5-4-10(2)7-11(12)8-18/h4-5,7-8H,3,6,9H2,1-2H3. The molecule has 2 nitrogen and oxygen atoms in total. The van der Waals surface area contributed by atoms with Crippen molar-refractivity contribution >= 4 is 12.0 Å². The Balaban J connectivity index is 3.08. The minimum absolute atomic E-state index is 0.267. The van der Waals surface area contributed by atoms with Crippen LogP contribution < -0.4 is 4.90 Å². The number of hydrogen-bond acceptors (Lipinski definition) is 2. The van der Waals surface area contributed by atoms with Gasteiger partial charge in [0.1, 0.15) is 6.54 Å². The summed E-state index contributed by atoms with van der Waals surface area (Å²) in [7, 11) is 0. The van der Waals surface area contributed by atoms with Crippen LogP contribution in [-0.4, -0.2) is 25.6 Å². The van der Waals surface area contributed by atoms with Crippen molar-refractivity contribution in [2.75, 3.05) is 18.0 Å². The predicted octanol–water partition coefficient (Wildman–Crippen LogP) is 3.59. The molecule has 1 aromatic rings. The highest BCUT2D eigenvalue weighted by molar-refractivity contribution is 5.85. The van der Waals surface area contributed by atoms with Gasteiger partial charge in [0, 0.05) is 17.8 Å². The van der Waals surface area contributed by atoms with Gasteiger partial charge in [-0.1, -0.05) is 18.6 Å². The number of rotatable bonds is 5.